The van der Waals surface area contributed by atoms with E-state index in [2.05, 4.69) is 25.8 Å². The average molecular weight is 285 g/mol. The minimum absolute atomic E-state index is 0.131. The quantitative estimate of drug-likeness (QED) is 0.782. The Morgan fingerprint density at radius 3 is 2.25 bits per heavy atom. The van der Waals surface area contributed by atoms with Crippen LogP contribution in [0.1, 0.15) is 37.8 Å². The highest BCUT2D eigenvalue weighted by Gasteiger charge is 2.39. The van der Waals surface area contributed by atoms with Crippen LogP contribution in [0, 0.1) is 5.92 Å². The third kappa shape index (κ3) is 2.85. The first-order valence-corrected chi connectivity index (χ1v) is 7.12. The molecule has 0 N–H and O–H groups in total. The number of likely N-dealkylation sites (tertiary alicyclic amines) is 1. The number of hydrogen-bond acceptors (Lipinski definition) is 1. The highest BCUT2D eigenvalue weighted by molar-refractivity contribution is 5.33. The van der Waals surface area contributed by atoms with E-state index < -0.39 is 11.7 Å². The summed E-state index contributed by atoms with van der Waals surface area (Å²) in [5, 5.41) is 0. The van der Waals surface area contributed by atoms with Gasteiger partial charge in [0, 0.05) is 5.41 Å². The number of piperidine rings is 1. The molecule has 2 rings (SSSR count). The van der Waals surface area contributed by atoms with Crippen molar-refractivity contribution in [1.82, 2.24) is 4.90 Å². The van der Waals surface area contributed by atoms with Crippen molar-refractivity contribution in [3.8, 4) is 0 Å². The minimum atomic E-state index is -4.26. The number of rotatable bonds is 2. The van der Waals surface area contributed by atoms with E-state index in [1.165, 1.54) is 6.07 Å². The molecule has 20 heavy (non-hydrogen) atoms. The first-order valence-electron chi connectivity index (χ1n) is 7.12. The predicted molar refractivity (Wildman–Crippen MR) is 74.7 cm³/mol. The van der Waals surface area contributed by atoms with E-state index in [-0.39, 0.29) is 5.41 Å². The Kier molecular flexibility index (Phi) is 4.14. The largest absolute Gasteiger partial charge is 0.416 e. The molecule has 1 aromatic rings. The molecule has 0 spiro atoms. The molecule has 1 aliphatic rings. The molecule has 0 atom stereocenters. The first-order chi connectivity index (χ1) is 9.25. The molecule has 1 nitrogen and oxygen atoms in total. The van der Waals surface area contributed by atoms with Crippen molar-refractivity contribution >= 4 is 0 Å². The van der Waals surface area contributed by atoms with Gasteiger partial charge < -0.3 is 4.90 Å². The standard InChI is InChI=1S/C16H22F3N/c1-12(2)15(7-9-20(3)10-8-15)13-5-4-6-14(11-13)16(17,18)19/h4-6,11-12H,7-10H2,1-3H3. The number of hydrogen-bond donors (Lipinski definition) is 0. The molecule has 1 saturated heterocycles. The van der Waals surface area contributed by atoms with E-state index in [0.29, 0.717) is 5.92 Å². The first kappa shape index (κ1) is 15.4. The molecule has 4 heteroatoms. The lowest BCUT2D eigenvalue weighted by Gasteiger charge is -2.44. The molecule has 0 saturated carbocycles. The molecular formula is C16H22F3N. The van der Waals surface area contributed by atoms with E-state index in [9.17, 15) is 13.2 Å². The molecule has 1 aromatic carbocycles. The summed E-state index contributed by atoms with van der Waals surface area (Å²) in [4.78, 5) is 2.24. The Labute approximate surface area is 118 Å². The van der Waals surface area contributed by atoms with Gasteiger partial charge >= 0.3 is 6.18 Å². The van der Waals surface area contributed by atoms with E-state index in [4.69, 9.17) is 0 Å². The van der Waals surface area contributed by atoms with Gasteiger partial charge in [0.2, 0.25) is 0 Å². The van der Waals surface area contributed by atoms with Crippen molar-refractivity contribution in [2.45, 2.75) is 38.3 Å². The minimum Gasteiger partial charge on any atom is -0.306 e. The van der Waals surface area contributed by atoms with Gasteiger partial charge in [0.25, 0.3) is 0 Å². The normalized spacial score (nSPS) is 20.4. The number of benzene rings is 1. The van der Waals surface area contributed by atoms with E-state index in [1.807, 2.05) is 6.07 Å². The highest BCUT2D eigenvalue weighted by Crippen LogP contribution is 2.43. The van der Waals surface area contributed by atoms with Crippen LogP contribution in [0.3, 0.4) is 0 Å². The van der Waals surface area contributed by atoms with Crippen LogP contribution < -0.4 is 0 Å². The third-order valence-corrected chi connectivity index (χ3v) is 4.75. The van der Waals surface area contributed by atoms with Gasteiger partial charge in [-0.05, 0) is 50.5 Å². The summed E-state index contributed by atoms with van der Waals surface area (Å²) < 4.78 is 38.7. The highest BCUT2D eigenvalue weighted by atomic mass is 19.4. The van der Waals surface area contributed by atoms with Crippen molar-refractivity contribution in [3.05, 3.63) is 35.4 Å². The van der Waals surface area contributed by atoms with Crippen molar-refractivity contribution in [3.63, 3.8) is 0 Å². The summed E-state index contributed by atoms with van der Waals surface area (Å²) in [7, 11) is 2.07. The SMILES string of the molecule is CC(C)C1(c2cccc(C(F)(F)F)c2)CCN(C)CC1. The number of nitrogens with zero attached hydrogens (tertiary/aromatic N) is 1. The smallest absolute Gasteiger partial charge is 0.306 e. The maximum atomic E-state index is 12.9. The summed E-state index contributed by atoms with van der Waals surface area (Å²) in [5.41, 5.74) is 0.178. The fourth-order valence-corrected chi connectivity index (χ4v) is 3.22. The molecule has 0 aliphatic carbocycles. The van der Waals surface area contributed by atoms with Gasteiger partial charge in [0.15, 0.2) is 0 Å². The summed E-state index contributed by atoms with van der Waals surface area (Å²) in [6.07, 6.45) is -2.43. The van der Waals surface area contributed by atoms with Gasteiger partial charge in [-0.15, -0.1) is 0 Å². The molecular weight excluding hydrogens is 263 g/mol. The van der Waals surface area contributed by atoms with Crippen molar-refractivity contribution in [2.24, 2.45) is 5.92 Å². The Balaban J connectivity index is 2.40. The van der Waals surface area contributed by atoms with Gasteiger partial charge in [-0.3, -0.25) is 0 Å². The van der Waals surface area contributed by atoms with Crippen LogP contribution in [0.2, 0.25) is 0 Å². The average Bonchev–Trinajstić information content (AvgIpc) is 2.39. The fourth-order valence-electron chi connectivity index (χ4n) is 3.22. The summed E-state index contributed by atoms with van der Waals surface area (Å²) in [5.74, 6) is 0.333. The van der Waals surface area contributed by atoms with Crippen LogP contribution in [0.4, 0.5) is 13.2 Å². The summed E-state index contributed by atoms with van der Waals surface area (Å²) in [6.45, 7) is 6.11. The topological polar surface area (TPSA) is 3.24 Å². The van der Waals surface area contributed by atoms with Gasteiger partial charge in [-0.1, -0.05) is 32.0 Å². The monoisotopic (exact) mass is 285 g/mol. The van der Waals surface area contributed by atoms with Gasteiger partial charge in [0.05, 0.1) is 5.56 Å². The number of halogens is 3. The molecule has 1 fully saturated rings. The zero-order valence-electron chi connectivity index (χ0n) is 12.3. The summed E-state index contributed by atoms with van der Waals surface area (Å²) >= 11 is 0. The van der Waals surface area contributed by atoms with E-state index in [0.717, 1.165) is 37.6 Å². The lowest BCUT2D eigenvalue weighted by atomic mass is 9.65. The van der Waals surface area contributed by atoms with Gasteiger partial charge in [-0.2, -0.15) is 13.2 Å². The van der Waals surface area contributed by atoms with Gasteiger partial charge in [0.1, 0.15) is 0 Å². The maximum absolute atomic E-state index is 12.9. The van der Waals surface area contributed by atoms with E-state index >= 15 is 0 Å². The Morgan fingerprint density at radius 2 is 1.75 bits per heavy atom. The molecule has 1 heterocycles. The lowest BCUT2D eigenvalue weighted by molar-refractivity contribution is -0.137. The van der Waals surface area contributed by atoms with Crippen LogP contribution in [0.15, 0.2) is 24.3 Å². The van der Waals surface area contributed by atoms with Crippen LogP contribution >= 0.6 is 0 Å². The summed E-state index contributed by atoms with van der Waals surface area (Å²) in [6, 6.07) is 5.92. The second kappa shape index (κ2) is 5.40. The Morgan fingerprint density at radius 1 is 1.15 bits per heavy atom. The predicted octanol–water partition coefficient (Wildman–Crippen LogP) is 4.32. The molecule has 0 amide bonds. The molecule has 1 aliphatic heterocycles. The molecule has 0 bridgehead atoms. The van der Waals surface area contributed by atoms with Crippen molar-refractivity contribution in [2.75, 3.05) is 20.1 Å². The van der Waals surface area contributed by atoms with Crippen LogP contribution in [0.25, 0.3) is 0 Å². The maximum Gasteiger partial charge on any atom is 0.416 e. The van der Waals surface area contributed by atoms with Crippen molar-refractivity contribution < 1.29 is 13.2 Å². The fraction of sp³-hybridized carbons (Fsp3) is 0.625. The Bertz CT molecular complexity index is 457. The second-order valence-electron chi connectivity index (χ2n) is 6.19. The van der Waals surface area contributed by atoms with Crippen LogP contribution in [-0.2, 0) is 11.6 Å². The molecule has 0 unspecified atom stereocenters. The zero-order chi connectivity index (χ0) is 15.0. The van der Waals surface area contributed by atoms with E-state index in [1.54, 1.807) is 6.07 Å². The second-order valence-corrected chi connectivity index (χ2v) is 6.19. The Hall–Kier alpha value is -1.03. The van der Waals surface area contributed by atoms with Crippen LogP contribution in [0.5, 0.6) is 0 Å². The van der Waals surface area contributed by atoms with Crippen LogP contribution in [-0.4, -0.2) is 25.0 Å². The zero-order valence-corrected chi connectivity index (χ0v) is 12.3. The van der Waals surface area contributed by atoms with Gasteiger partial charge in [-0.25, -0.2) is 0 Å². The molecule has 0 aromatic heterocycles. The lowest BCUT2D eigenvalue weighted by Crippen LogP contribution is -2.44. The van der Waals surface area contributed by atoms with Crippen molar-refractivity contribution in [1.29, 1.82) is 0 Å². The molecule has 112 valence electrons. The molecule has 0 radical (unpaired) electrons. The third-order valence-electron chi connectivity index (χ3n) is 4.75. The number of alkyl halides is 3.